The van der Waals surface area contributed by atoms with Crippen molar-refractivity contribution in [3.05, 3.63) is 0 Å². The first-order chi connectivity index (χ1) is 1.91. The number of ether oxygens (including phenoxy) is 1. The Morgan fingerprint density at radius 1 is 2.00 bits per heavy atom. The summed E-state index contributed by atoms with van der Waals surface area (Å²) in [6.45, 7) is -0.0556. The van der Waals surface area contributed by atoms with E-state index in [4.69, 9.17) is 5.11 Å². The molecular formula is C2H7O2+. The second kappa shape index (κ2) is 2.92. The predicted molar refractivity (Wildman–Crippen MR) is 15.2 cm³/mol. The molecule has 0 bridgehead atoms. The van der Waals surface area contributed by atoms with Crippen LogP contribution in [0.15, 0.2) is 0 Å². The molecule has 0 aliphatic rings. The summed E-state index contributed by atoms with van der Waals surface area (Å²) >= 11 is 0. The number of aliphatic hydroxyl groups excluding tert-OH is 1. The molecule has 0 saturated heterocycles. The van der Waals surface area contributed by atoms with Gasteiger partial charge in [-0.2, -0.15) is 0 Å². The maximum absolute atomic E-state index is 7.71. The van der Waals surface area contributed by atoms with E-state index in [0.29, 0.717) is 0 Å². The van der Waals surface area contributed by atoms with E-state index in [1.54, 1.807) is 7.11 Å². The molecule has 2 nitrogen and oxygen atoms in total. The van der Waals surface area contributed by atoms with Gasteiger partial charge in [0.2, 0.25) is 0 Å². The average Bonchev–Trinajstić information content (AvgIpc) is 1.37. The molecule has 0 saturated carbocycles. The molecule has 0 aromatic carbocycles. The standard InChI is InChI=1S/C2H6O2/c1-4-2-3/h3H,2H2,1H3/p+1. The van der Waals surface area contributed by atoms with Gasteiger partial charge in [-0.1, -0.05) is 0 Å². The van der Waals surface area contributed by atoms with Crippen LogP contribution in [0.3, 0.4) is 0 Å². The molecule has 0 unspecified atom stereocenters. The normalized spacial score (nSPS) is 7.50. The van der Waals surface area contributed by atoms with Crippen LogP contribution >= 0.6 is 0 Å². The number of hydrogen-bond donors (Lipinski definition) is 1. The van der Waals surface area contributed by atoms with Gasteiger partial charge in [0.25, 0.3) is 6.79 Å². The van der Waals surface area contributed by atoms with Crippen molar-refractivity contribution in [2.75, 3.05) is 13.9 Å². The zero-order chi connectivity index (χ0) is 3.41. The summed E-state index contributed by atoms with van der Waals surface area (Å²) in [7, 11) is 1.56. The minimum absolute atomic E-state index is 0.0556. The number of aliphatic hydroxyl groups is 3. The van der Waals surface area contributed by atoms with Crippen molar-refractivity contribution in [1.29, 1.82) is 0 Å². The highest BCUT2D eigenvalue weighted by atomic mass is 16.6. The molecule has 0 rings (SSSR count). The van der Waals surface area contributed by atoms with E-state index in [2.05, 4.69) is 4.74 Å². The van der Waals surface area contributed by atoms with Crippen LogP contribution in [0, 0.1) is 0 Å². The van der Waals surface area contributed by atoms with Crippen LogP contribution in [-0.4, -0.2) is 23.7 Å². The minimum Gasteiger partial charge on any atom is -0.414 e. The van der Waals surface area contributed by atoms with Crippen molar-refractivity contribution in [3.63, 3.8) is 0 Å². The average molecular weight is 63.1 g/mol. The first kappa shape index (κ1) is 3.92. The monoisotopic (exact) mass is 63.0 g/mol. The van der Waals surface area contributed by atoms with E-state index in [9.17, 15) is 0 Å². The fraction of sp³-hybridized carbons (Fsp3) is 1.00. The predicted octanol–water partition coefficient (Wildman–Crippen LogP) is -0.906. The molecule has 0 aromatic heterocycles. The Morgan fingerprint density at radius 2 is 2.25 bits per heavy atom. The van der Waals surface area contributed by atoms with Crippen LogP contribution in [0.25, 0.3) is 0 Å². The van der Waals surface area contributed by atoms with Gasteiger partial charge in [0.15, 0.2) is 0 Å². The number of hydrogen-bond acceptors (Lipinski definition) is 1. The summed E-state index contributed by atoms with van der Waals surface area (Å²) in [4.78, 5) is 0. The quantitative estimate of drug-likeness (QED) is 0.310. The third-order valence-electron chi connectivity index (χ3n) is 0.141. The Labute approximate surface area is 25.0 Å². The first-order valence-corrected chi connectivity index (χ1v) is 1.08. The molecule has 0 spiro atoms. The molecule has 0 radical (unpaired) electrons. The maximum atomic E-state index is 7.71. The van der Waals surface area contributed by atoms with Gasteiger partial charge in [-0.15, -0.1) is 0 Å². The lowest BCUT2D eigenvalue weighted by atomic mass is 11.4. The molecule has 4 heavy (non-hydrogen) atoms. The molecule has 0 atom stereocenters. The summed E-state index contributed by atoms with van der Waals surface area (Å²) in [5.41, 5.74) is 0. The lowest BCUT2D eigenvalue weighted by molar-refractivity contribution is -0.0947. The third-order valence-corrected chi connectivity index (χ3v) is 0.141. The second-order valence-electron chi connectivity index (χ2n) is 0.458. The number of rotatable bonds is 1. The minimum atomic E-state index is -0.0556. The smallest absolute Gasteiger partial charge is 0.251 e. The van der Waals surface area contributed by atoms with Crippen molar-refractivity contribution in [1.82, 2.24) is 0 Å². The van der Waals surface area contributed by atoms with Gasteiger partial charge in [0.1, 0.15) is 7.11 Å². The highest BCUT2D eigenvalue weighted by Crippen LogP contribution is 1.37. The van der Waals surface area contributed by atoms with Crippen LogP contribution < -0.4 is 0 Å². The molecule has 0 heterocycles. The van der Waals surface area contributed by atoms with Crippen molar-refractivity contribution < 1.29 is 9.84 Å². The topological polar surface area (TPSA) is 33.0 Å². The van der Waals surface area contributed by atoms with Crippen LogP contribution in [0.4, 0.5) is 0 Å². The molecule has 0 aliphatic carbocycles. The van der Waals surface area contributed by atoms with Gasteiger partial charge in [-0.25, -0.2) is 0 Å². The van der Waals surface area contributed by atoms with E-state index in [1.165, 1.54) is 0 Å². The zero-order valence-electron chi connectivity index (χ0n) is 2.60. The summed E-state index contributed by atoms with van der Waals surface area (Å²) in [5.74, 6) is 0. The Kier molecular flexibility index (Phi) is 2.86. The van der Waals surface area contributed by atoms with Gasteiger partial charge >= 0.3 is 0 Å². The molecule has 0 fully saturated rings. The summed E-state index contributed by atoms with van der Waals surface area (Å²) in [5, 5.41) is 7.71. The first-order valence-electron chi connectivity index (χ1n) is 1.08. The van der Waals surface area contributed by atoms with Crippen molar-refractivity contribution >= 4 is 0 Å². The fourth-order valence-corrected chi connectivity index (χ4v) is 0. The van der Waals surface area contributed by atoms with Crippen LogP contribution in [-0.2, 0) is 0 Å². The van der Waals surface area contributed by atoms with E-state index in [0.717, 1.165) is 0 Å². The Morgan fingerprint density at radius 3 is 2.25 bits per heavy atom. The van der Waals surface area contributed by atoms with Crippen molar-refractivity contribution in [3.8, 4) is 0 Å². The zero-order valence-corrected chi connectivity index (χ0v) is 2.60. The van der Waals surface area contributed by atoms with E-state index in [-0.39, 0.29) is 6.79 Å². The summed E-state index contributed by atoms with van der Waals surface area (Å²) in [6.07, 6.45) is 0. The van der Waals surface area contributed by atoms with Crippen LogP contribution in [0.2, 0.25) is 0 Å². The molecular weight excluding hydrogens is 56.0 g/mol. The van der Waals surface area contributed by atoms with E-state index < -0.39 is 0 Å². The lowest BCUT2D eigenvalue weighted by Gasteiger charge is -1.73. The van der Waals surface area contributed by atoms with Gasteiger partial charge in [0.05, 0.1) is 0 Å². The van der Waals surface area contributed by atoms with Gasteiger partial charge in [-0.05, 0) is 0 Å². The largest absolute Gasteiger partial charge is 0.414 e. The lowest BCUT2D eigenvalue weighted by Crippen LogP contribution is -1.86. The van der Waals surface area contributed by atoms with E-state index >= 15 is 0 Å². The Balaban J connectivity index is 1.97. The van der Waals surface area contributed by atoms with Crippen molar-refractivity contribution in [2.24, 2.45) is 0 Å². The molecule has 0 aromatic rings. The SMILES string of the molecule is C[OH+]CO. The molecule has 0 amide bonds. The van der Waals surface area contributed by atoms with Gasteiger partial charge in [-0.3, -0.25) is 0 Å². The van der Waals surface area contributed by atoms with Gasteiger partial charge in [0, 0.05) is 0 Å². The van der Waals surface area contributed by atoms with Crippen molar-refractivity contribution in [2.45, 2.75) is 0 Å². The third kappa shape index (κ3) is 1.92. The van der Waals surface area contributed by atoms with Crippen LogP contribution in [0.1, 0.15) is 0 Å². The fourth-order valence-electron chi connectivity index (χ4n) is 0. The summed E-state index contributed by atoms with van der Waals surface area (Å²) in [6, 6.07) is 0. The second-order valence-corrected chi connectivity index (χ2v) is 0.458. The highest BCUT2D eigenvalue weighted by molar-refractivity contribution is 3.67. The van der Waals surface area contributed by atoms with Gasteiger partial charge < -0.3 is 9.84 Å². The highest BCUT2D eigenvalue weighted by Gasteiger charge is 1.56. The maximum Gasteiger partial charge on any atom is 0.251 e. The Hall–Kier alpha value is -0.0800. The summed E-state index contributed by atoms with van der Waals surface area (Å²) < 4.78 is 3.29. The molecule has 0 aliphatic heterocycles. The van der Waals surface area contributed by atoms with E-state index in [1.807, 2.05) is 0 Å². The molecule has 2 N–H and O–H groups in total. The molecule has 26 valence electrons. The van der Waals surface area contributed by atoms with Crippen LogP contribution in [0.5, 0.6) is 0 Å². The molecule has 2 heteroatoms. The Bertz CT molecular complexity index is 6.00.